The molecule has 0 spiro atoms. The minimum Gasteiger partial charge on any atom is -0.375 e. The monoisotopic (exact) mass is 154 g/mol. The Bertz CT molecular complexity index is 186. The fourth-order valence-electron chi connectivity index (χ4n) is 1.16. The van der Waals surface area contributed by atoms with Gasteiger partial charge in [-0.2, -0.15) is 0 Å². The first-order valence-electron chi connectivity index (χ1n) is 3.43. The lowest BCUT2D eigenvalue weighted by Crippen LogP contribution is -2.44. The summed E-state index contributed by atoms with van der Waals surface area (Å²) in [4.78, 5) is 0. The van der Waals surface area contributed by atoms with E-state index in [2.05, 4.69) is 28.2 Å². The molecule has 2 rings (SSSR count). The van der Waals surface area contributed by atoms with Gasteiger partial charge in [0.2, 0.25) is 0 Å². The molecule has 2 heterocycles. The summed E-state index contributed by atoms with van der Waals surface area (Å²) in [6, 6.07) is 0. The van der Waals surface area contributed by atoms with E-state index in [1.54, 1.807) is 0 Å². The second kappa shape index (κ2) is 2.68. The number of hydrogen-bond donors (Lipinski definition) is 2. The molecule has 2 aliphatic rings. The van der Waals surface area contributed by atoms with Crippen molar-refractivity contribution >= 4 is 11.8 Å². The average Bonchev–Trinajstić information content (AvgIpc) is 2.05. The summed E-state index contributed by atoms with van der Waals surface area (Å²) in [5.41, 5.74) is 1.37. The van der Waals surface area contributed by atoms with Gasteiger partial charge >= 0.3 is 0 Å². The van der Waals surface area contributed by atoms with E-state index in [1.807, 2.05) is 11.8 Å². The highest BCUT2D eigenvalue weighted by atomic mass is 32.2. The molecule has 0 aromatic rings. The molecule has 0 aliphatic carbocycles. The third kappa shape index (κ3) is 1.07. The fraction of sp³-hybridized carbons (Fsp3) is 0.429. The van der Waals surface area contributed by atoms with Gasteiger partial charge in [0.15, 0.2) is 0 Å². The van der Waals surface area contributed by atoms with E-state index in [1.165, 1.54) is 5.70 Å². The van der Waals surface area contributed by atoms with E-state index in [-0.39, 0.29) is 0 Å². The minimum absolute atomic E-state index is 0.624. The lowest BCUT2D eigenvalue weighted by atomic mass is 10.2. The van der Waals surface area contributed by atoms with Gasteiger partial charge < -0.3 is 5.32 Å². The highest BCUT2D eigenvalue weighted by Gasteiger charge is 2.18. The van der Waals surface area contributed by atoms with E-state index in [0.29, 0.717) is 5.25 Å². The molecule has 2 nitrogen and oxygen atoms in total. The van der Waals surface area contributed by atoms with Gasteiger partial charge in [-0.3, -0.25) is 5.32 Å². The molecular formula is C7H10N2S. The van der Waals surface area contributed by atoms with Crippen LogP contribution >= 0.6 is 11.8 Å². The van der Waals surface area contributed by atoms with Crippen LogP contribution in [-0.2, 0) is 0 Å². The molecule has 10 heavy (non-hydrogen) atoms. The van der Waals surface area contributed by atoms with Gasteiger partial charge in [-0.25, -0.2) is 0 Å². The number of thioether (sulfide) groups is 1. The van der Waals surface area contributed by atoms with Crippen molar-refractivity contribution in [2.45, 2.75) is 5.25 Å². The van der Waals surface area contributed by atoms with E-state index < -0.39 is 0 Å². The molecule has 1 fully saturated rings. The van der Waals surface area contributed by atoms with Crippen molar-refractivity contribution in [2.75, 3.05) is 13.2 Å². The first-order chi connectivity index (χ1) is 4.97. The molecule has 1 unspecified atom stereocenters. The van der Waals surface area contributed by atoms with Gasteiger partial charge in [0, 0.05) is 12.2 Å². The Morgan fingerprint density at radius 1 is 1.60 bits per heavy atom. The zero-order chi connectivity index (χ0) is 6.81. The predicted octanol–water partition coefficient (Wildman–Crippen LogP) is 0.650. The summed E-state index contributed by atoms with van der Waals surface area (Å²) in [5.74, 6) is 0. The Morgan fingerprint density at radius 2 is 2.60 bits per heavy atom. The van der Waals surface area contributed by atoms with E-state index in [9.17, 15) is 0 Å². The maximum Gasteiger partial charge on any atom is 0.0651 e. The lowest BCUT2D eigenvalue weighted by molar-refractivity contribution is 0.564. The van der Waals surface area contributed by atoms with Crippen LogP contribution in [0.5, 0.6) is 0 Å². The first-order valence-corrected chi connectivity index (χ1v) is 4.38. The molecule has 2 aliphatic heterocycles. The van der Waals surface area contributed by atoms with Gasteiger partial charge in [-0.1, -0.05) is 6.08 Å². The van der Waals surface area contributed by atoms with Crippen LogP contribution in [0, 0.1) is 0 Å². The average molecular weight is 154 g/mol. The minimum atomic E-state index is 0.624. The van der Waals surface area contributed by atoms with Gasteiger partial charge in [0.1, 0.15) is 0 Å². The molecule has 0 saturated carbocycles. The van der Waals surface area contributed by atoms with Gasteiger partial charge in [0.25, 0.3) is 0 Å². The highest BCUT2D eigenvalue weighted by Crippen LogP contribution is 2.23. The van der Waals surface area contributed by atoms with Crippen molar-refractivity contribution in [1.82, 2.24) is 10.6 Å². The quantitative estimate of drug-likeness (QED) is 0.535. The van der Waals surface area contributed by atoms with Crippen LogP contribution in [0.25, 0.3) is 0 Å². The summed E-state index contributed by atoms with van der Waals surface area (Å²) in [6.07, 6.45) is 4.25. The molecule has 3 heteroatoms. The van der Waals surface area contributed by atoms with Crippen LogP contribution in [0.1, 0.15) is 0 Å². The van der Waals surface area contributed by atoms with E-state index in [4.69, 9.17) is 0 Å². The first kappa shape index (κ1) is 6.31. The van der Waals surface area contributed by atoms with Gasteiger partial charge in [0.05, 0.1) is 11.9 Å². The molecule has 2 N–H and O–H groups in total. The Labute approximate surface area is 64.8 Å². The Balaban J connectivity index is 2.14. The number of allylic oxidation sites excluding steroid dienone is 2. The molecule has 0 radical (unpaired) electrons. The van der Waals surface area contributed by atoms with Gasteiger partial charge in [-0.05, 0) is 11.5 Å². The van der Waals surface area contributed by atoms with Gasteiger partial charge in [-0.15, -0.1) is 11.8 Å². The van der Waals surface area contributed by atoms with E-state index in [0.717, 1.165) is 13.2 Å². The van der Waals surface area contributed by atoms with Crippen LogP contribution < -0.4 is 10.6 Å². The predicted molar refractivity (Wildman–Crippen MR) is 44.6 cm³/mol. The van der Waals surface area contributed by atoms with Crippen LogP contribution in [0.2, 0.25) is 0 Å². The Morgan fingerprint density at radius 3 is 3.50 bits per heavy atom. The zero-order valence-electron chi connectivity index (χ0n) is 5.63. The zero-order valence-corrected chi connectivity index (χ0v) is 6.45. The van der Waals surface area contributed by atoms with Crippen molar-refractivity contribution in [2.24, 2.45) is 0 Å². The summed E-state index contributed by atoms with van der Waals surface area (Å²) >= 11 is 1.87. The number of hydrogen-bond acceptors (Lipinski definition) is 3. The molecule has 0 amide bonds. The summed E-state index contributed by atoms with van der Waals surface area (Å²) < 4.78 is 0. The molecule has 0 aromatic heterocycles. The molecule has 1 saturated heterocycles. The molecule has 0 aromatic carbocycles. The van der Waals surface area contributed by atoms with Crippen LogP contribution in [-0.4, -0.2) is 18.5 Å². The molecule has 1 atom stereocenters. The smallest absolute Gasteiger partial charge is 0.0651 e. The van der Waals surface area contributed by atoms with Crippen molar-refractivity contribution < 1.29 is 0 Å². The number of rotatable bonds is 0. The number of nitrogens with one attached hydrogen (secondary N) is 2. The molecule has 54 valence electrons. The topological polar surface area (TPSA) is 24.1 Å². The van der Waals surface area contributed by atoms with E-state index >= 15 is 0 Å². The van der Waals surface area contributed by atoms with Crippen LogP contribution in [0.3, 0.4) is 0 Å². The third-order valence-corrected chi connectivity index (χ3v) is 2.75. The largest absolute Gasteiger partial charge is 0.375 e. The Hall–Kier alpha value is -0.410. The standard InChI is InChI=1S/C7H10N2S/c1-2-6-7(10-3-1)4-8-5-9-6/h1-3,7-9H,4-5H2. The van der Waals surface area contributed by atoms with Crippen molar-refractivity contribution in [3.05, 3.63) is 23.3 Å². The maximum atomic E-state index is 3.30. The molecule has 0 bridgehead atoms. The SMILES string of the molecule is C1=CSC2CNCNC2=C1. The van der Waals surface area contributed by atoms with Crippen molar-refractivity contribution in [1.29, 1.82) is 0 Å². The Kier molecular flexibility index (Phi) is 1.69. The summed E-state index contributed by atoms with van der Waals surface area (Å²) in [5, 5.41) is 9.34. The normalized spacial score (nSPS) is 30.4. The summed E-state index contributed by atoms with van der Waals surface area (Å²) in [7, 11) is 0. The lowest BCUT2D eigenvalue weighted by Gasteiger charge is -2.27. The van der Waals surface area contributed by atoms with Crippen LogP contribution in [0.4, 0.5) is 0 Å². The molecular weight excluding hydrogens is 144 g/mol. The third-order valence-electron chi connectivity index (χ3n) is 1.69. The second-order valence-electron chi connectivity index (χ2n) is 2.38. The summed E-state index contributed by atoms with van der Waals surface area (Å²) in [6.45, 7) is 2.00. The number of fused-ring (bicyclic) bond motifs is 1. The van der Waals surface area contributed by atoms with Crippen molar-refractivity contribution in [3.63, 3.8) is 0 Å². The van der Waals surface area contributed by atoms with Crippen LogP contribution in [0.15, 0.2) is 23.3 Å². The maximum absolute atomic E-state index is 3.30. The van der Waals surface area contributed by atoms with Crippen molar-refractivity contribution in [3.8, 4) is 0 Å². The highest BCUT2D eigenvalue weighted by molar-refractivity contribution is 8.03. The fourth-order valence-corrected chi connectivity index (χ4v) is 2.04. The second-order valence-corrected chi connectivity index (χ2v) is 3.50.